The monoisotopic (exact) mass is 605 g/mol. The number of carbonyl (C=O) groups is 3. The zero-order valence-electron chi connectivity index (χ0n) is 24.9. The van der Waals surface area contributed by atoms with Gasteiger partial charge in [-0.1, -0.05) is 25.4 Å². The minimum atomic E-state index is -2.71. The number of nitrogens with one attached hydrogen (secondary N) is 2. The standard InChI is InChI=1S/C29H40ClN5O7/c1-27(2,3)33-11-28(4,5)10-32-26-21(38)16-13(24(30)34-26)8-12-9-14-18(35(6)7)20(37)17(25(31)41)23(40)29(14,42)22(39)15(12)19(16)36/h12,14,18,33,36,38,40,42H,8-11H2,1-7H3,(H2,31,41)(H,32,34)/t12-,14-,18-,29-/m0/s1. The molecule has 0 spiro atoms. The lowest BCUT2D eigenvalue weighted by atomic mass is 9.57. The van der Waals surface area contributed by atoms with Gasteiger partial charge in [-0.3, -0.25) is 19.3 Å². The average molecular weight is 606 g/mol. The van der Waals surface area contributed by atoms with Gasteiger partial charge >= 0.3 is 0 Å². The largest absolute Gasteiger partial charge is 0.508 e. The molecular weight excluding hydrogens is 566 g/mol. The highest BCUT2D eigenvalue weighted by atomic mass is 35.5. The Morgan fingerprint density at radius 1 is 1.14 bits per heavy atom. The van der Waals surface area contributed by atoms with Gasteiger partial charge in [0.2, 0.25) is 5.78 Å². The molecule has 3 aliphatic carbocycles. The van der Waals surface area contributed by atoms with Gasteiger partial charge in [0.05, 0.1) is 11.6 Å². The van der Waals surface area contributed by atoms with Crippen molar-refractivity contribution in [1.82, 2.24) is 15.2 Å². The van der Waals surface area contributed by atoms with Crippen molar-refractivity contribution in [2.24, 2.45) is 23.0 Å². The maximum atomic E-state index is 14.0. The summed E-state index contributed by atoms with van der Waals surface area (Å²) >= 11 is 6.56. The number of hydrogen-bond acceptors (Lipinski definition) is 11. The molecule has 0 unspecified atom stereocenters. The second kappa shape index (κ2) is 10.5. The first-order valence-corrected chi connectivity index (χ1v) is 14.2. The minimum absolute atomic E-state index is 0.00252. The van der Waals surface area contributed by atoms with E-state index in [1.54, 1.807) is 14.1 Å². The van der Waals surface area contributed by atoms with Gasteiger partial charge in [0.1, 0.15) is 22.2 Å². The highest BCUT2D eigenvalue weighted by molar-refractivity contribution is 6.31. The number of carbonyl (C=O) groups excluding carboxylic acids is 3. The van der Waals surface area contributed by atoms with E-state index in [1.165, 1.54) is 4.90 Å². The topological polar surface area (TPSA) is 198 Å². The first-order valence-electron chi connectivity index (χ1n) is 13.8. The number of rotatable bonds is 7. The van der Waals surface area contributed by atoms with Crippen molar-refractivity contribution in [3.63, 3.8) is 0 Å². The van der Waals surface area contributed by atoms with Crippen molar-refractivity contribution in [3.8, 4) is 5.75 Å². The number of halogens is 1. The number of anilines is 1. The van der Waals surface area contributed by atoms with E-state index in [-0.39, 0.29) is 45.9 Å². The molecule has 1 saturated carbocycles. The third kappa shape index (κ3) is 5.14. The minimum Gasteiger partial charge on any atom is -0.508 e. The predicted octanol–water partition coefficient (Wildman–Crippen LogP) is 1.84. The van der Waals surface area contributed by atoms with E-state index < -0.39 is 63.8 Å². The fourth-order valence-electron chi connectivity index (χ4n) is 6.17. The van der Waals surface area contributed by atoms with Gasteiger partial charge in [0.25, 0.3) is 5.91 Å². The molecule has 1 aromatic rings. The van der Waals surface area contributed by atoms with Crippen LogP contribution in [0.3, 0.4) is 0 Å². The van der Waals surface area contributed by atoms with Crippen molar-refractivity contribution >= 4 is 40.7 Å². The number of aliphatic hydroxyl groups excluding tert-OH is 2. The molecule has 4 rings (SSSR count). The predicted molar refractivity (Wildman–Crippen MR) is 157 cm³/mol. The molecule has 3 aliphatic rings. The van der Waals surface area contributed by atoms with Crippen LogP contribution in [0.1, 0.15) is 52.2 Å². The van der Waals surface area contributed by atoms with Crippen LogP contribution < -0.4 is 16.4 Å². The number of ketones is 2. The Labute approximate surface area is 249 Å². The van der Waals surface area contributed by atoms with Crippen molar-refractivity contribution in [2.45, 2.75) is 64.6 Å². The molecule has 1 aromatic heterocycles. The van der Waals surface area contributed by atoms with E-state index in [0.29, 0.717) is 18.7 Å². The highest BCUT2D eigenvalue weighted by Crippen LogP contribution is 2.53. The molecule has 0 bridgehead atoms. The first-order chi connectivity index (χ1) is 19.2. The lowest BCUT2D eigenvalue weighted by Gasteiger charge is -2.50. The summed E-state index contributed by atoms with van der Waals surface area (Å²) in [6.07, 6.45) is 0.0347. The fraction of sp³-hybridized carbons (Fsp3) is 0.586. The van der Waals surface area contributed by atoms with Crippen LogP contribution in [0.5, 0.6) is 5.75 Å². The maximum Gasteiger partial charge on any atom is 0.255 e. The van der Waals surface area contributed by atoms with Gasteiger partial charge < -0.3 is 36.8 Å². The summed E-state index contributed by atoms with van der Waals surface area (Å²) in [6, 6.07) is -1.16. The number of aliphatic hydroxyl groups is 3. The Morgan fingerprint density at radius 2 is 1.76 bits per heavy atom. The molecule has 1 heterocycles. The molecule has 0 saturated heterocycles. The zero-order valence-corrected chi connectivity index (χ0v) is 25.7. The van der Waals surface area contributed by atoms with Crippen LogP contribution in [0, 0.1) is 17.3 Å². The number of nitrogens with zero attached hydrogens (tertiary/aromatic N) is 2. The van der Waals surface area contributed by atoms with Gasteiger partial charge in [0, 0.05) is 35.7 Å². The van der Waals surface area contributed by atoms with E-state index >= 15 is 0 Å². The maximum absolute atomic E-state index is 14.0. The molecule has 1 amide bonds. The smallest absolute Gasteiger partial charge is 0.255 e. The Bertz CT molecular complexity index is 1430. The third-order valence-corrected chi connectivity index (χ3v) is 8.68. The van der Waals surface area contributed by atoms with Gasteiger partial charge in [-0.15, -0.1) is 0 Å². The number of pyridine rings is 1. The number of aromatic hydroxyl groups is 1. The number of primary amides is 1. The highest BCUT2D eigenvalue weighted by Gasteiger charge is 2.64. The summed E-state index contributed by atoms with van der Waals surface area (Å²) in [7, 11) is 3.09. The molecule has 0 aromatic carbocycles. The lowest BCUT2D eigenvalue weighted by molar-refractivity contribution is -0.153. The molecule has 1 fully saturated rings. The van der Waals surface area contributed by atoms with E-state index in [9.17, 15) is 34.8 Å². The summed E-state index contributed by atoms with van der Waals surface area (Å²) in [6.45, 7) is 11.2. The van der Waals surface area contributed by atoms with Crippen LogP contribution in [-0.2, 0) is 20.8 Å². The van der Waals surface area contributed by atoms with E-state index in [4.69, 9.17) is 17.3 Å². The molecule has 230 valence electrons. The molecule has 0 radical (unpaired) electrons. The molecule has 13 heteroatoms. The number of nitrogens with two attached hydrogens (primary N) is 1. The summed E-state index contributed by atoms with van der Waals surface area (Å²) in [5.41, 5.74) is 1.36. The van der Waals surface area contributed by atoms with E-state index in [0.717, 1.165) is 0 Å². The van der Waals surface area contributed by atoms with Crippen LogP contribution >= 0.6 is 11.6 Å². The fourth-order valence-corrected chi connectivity index (χ4v) is 6.43. The summed E-state index contributed by atoms with van der Waals surface area (Å²) in [4.78, 5) is 45.1. The summed E-state index contributed by atoms with van der Waals surface area (Å²) in [5.74, 6) is -7.26. The van der Waals surface area contributed by atoms with Crippen LogP contribution in [0.15, 0.2) is 16.9 Å². The van der Waals surface area contributed by atoms with Crippen LogP contribution in [-0.4, -0.2) is 92.2 Å². The first kappa shape index (κ1) is 31.7. The van der Waals surface area contributed by atoms with E-state index in [1.807, 2.05) is 13.8 Å². The number of likely N-dealkylation sites (N-methyl/N-ethyl adjacent to an activating group) is 1. The van der Waals surface area contributed by atoms with Gasteiger partial charge in [0.15, 0.2) is 23.0 Å². The summed E-state index contributed by atoms with van der Waals surface area (Å²) in [5, 5.41) is 51.9. The quantitative estimate of drug-likeness (QED) is 0.177. The normalized spacial score (nSPS) is 26.3. The second-order valence-corrected chi connectivity index (χ2v) is 13.9. The van der Waals surface area contributed by atoms with Crippen molar-refractivity contribution in [2.75, 3.05) is 32.5 Å². The molecular formula is C29H40ClN5O7. The molecule has 8 N–H and O–H groups in total. The molecule has 12 nitrogen and oxygen atoms in total. The van der Waals surface area contributed by atoms with Gasteiger partial charge in [-0.25, -0.2) is 4.98 Å². The third-order valence-electron chi connectivity index (χ3n) is 8.37. The molecule has 0 aliphatic heterocycles. The van der Waals surface area contributed by atoms with Crippen LogP contribution in [0.25, 0.3) is 5.76 Å². The number of amides is 1. The number of Topliss-reactive ketones (excluding diaryl/α,β-unsaturated/α-hetero) is 2. The Kier molecular flexibility index (Phi) is 7.94. The Morgan fingerprint density at radius 3 is 2.31 bits per heavy atom. The average Bonchev–Trinajstić information content (AvgIpc) is 2.85. The summed E-state index contributed by atoms with van der Waals surface area (Å²) < 4.78 is 0. The molecule has 4 atom stereocenters. The zero-order chi connectivity index (χ0) is 31.7. The number of aromatic nitrogens is 1. The van der Waals surface area contributed by atoms with Gasteiger partial charge in [-0.05, 0) is 59.0 Å². The lowest BCUT2D eigenvalue weighted by Crippen LogP contribution is -2.65. The van der Waals surface area contributed by atoms with Crippen molar-refractivity contribution < 1.29 is 34.8 Å². The van der Waals surface area contributed by atoms with Crippen LogP contribution in [0.4, 0.5) is 5.82 Å². The SMILES string of the molecule is CN(C)[C@@H]1C(=O)C(C(N)=O)=C(O)[C@@]2(O)C(=O)C3=C(O)c4c(O)c(NCC(C)(C)CNC(C)(C)C)nc(Cl)c4C[C@H]3C[C@@H]12. The Balaban J connectivity index is 1.78. The van der Waals surface area contributed by atoms with Crippen LogP contribution in [0.2, 0.25) is 5.15 Å². The second-order valence-electron chi connectivity index (χ2n) is 13.5. The Hall–Kier alpha value is -3.19. The van der Waals surface area contributed by atoms with E-state index in [2.05, 4.69) is 36.4 Å². The van der Waals surface area contributed by atoms with Crippen molar-refractivity contribution in [1.29, 1.82) is 0 Å². The number of fused-ring (bicyclic) bond motifs is 3. The molecule has 42 heavy (non-hydrogen) atoms. The van der Waals surface area contributed by atoms with Crippen molar-refractivity contribution in [3.05, 3.63) is 33.2 Å². The number of hydrogen-bond donors (Lipinski definition) is 7. The van der Waals surface area contributed by atoms with Gasteiger partial charge in [-0.2, -0.15) is 0 Å².